The van der Waals surface area contributed by atoms with Crippen molar-refractivity contribution < 1.29 is 14.6 Å². The maximum atomic E-state index is 11.5. The lowest BCUT2D eigenvalue weighted by molar-refractivity contribution is -0.127. The third-order valence-corrected chi connectivity index (χ3v) is 3.07. The van der Waals surface area contributed by atoms with Crippen LogP contribution in [0.4, 0.5) is 0 Å². The third kappa shape index (κ3) is 6.97. The smallest absolute Gasteiger partial charge is 0.246 e. The molecule has 104 valence electrons. The van der Waals surface area contributed by atoms with E-state index in [4.69, 9.17) is 9.84 Å². The molecule has 2 N–H and O–H groups in total. The van der Waals surface area contributed by atoms with Gasteiger partial charge in [0.05, 0.1) is 19.3 Å². The van der Waals surface area contributed by atoms with Gasteiger partial charge in [-0.15, -0.1) is 11.3 Å². The highest BCUT2D eigenvalue weighted by Gasteiger charge is 2.04. The van der Waals surface area contributed by atoms with Gasteiger partial charge in [-0.1, -0.05) is 11.8 Å². The zero-order valence-electron chi connectivity index (χ0n) is 11.2. The molecular weight excluding hydrogens is 262 g/mol. The number of ether oxygens (including phenoxy) is 1. The van der Waals surface area contributed by atoms with E-state index < -0.39 is 0 Å². The monoisotopic (exact) mass is 281 g/mol. The van der Waals surface area contributed by atoms with Crippen molar-refractivity contribution in [2.75, 3.05) is 13.2 Å². The van der Waals surface area contributed by atoms with Crippen molar-refractivity contribution in [1.82, 2.24) is 5.32 Å². The number of thiophene rings is 1. The maximum Gasteiger partial charge on any atom is 0.246 e. The fraction of sp³-hybridized carbons (Fsp3) is 0.500. The van der Waals surface area contributed by atoms with Crippen LogP contribution in [0.1, 0.15) is 30.7 Å². The molecule has 5 heteroatoms. The standard InChI is InChI=1S/C14H19NO3S/c1-11(2)18-9-14(17)15-8-13-7-12(10-19-13)5-3-4-6-16/h7,10-11,16H,4,6,8-9H2,1-2H3,(H,15,17). The van der Waals surface area contributed by atoms with Crippen molar-refractivity contribution in [3.05, 3.63) is 21.9 Å². The molecule has 0 spiro atoms. The Balaban J connectivity index is 2.34. The zero-order valence-corrected chi connectivity index (χ0v) is 12.0. The predicted molar refractivity (Wildman–Crippen MR) is 75.8 cm³/mol. The summed E-state index contributed by atoms with van der Waals surface area (Å²) in [6.45, 7) is 4.45. The predicted octanol–water partition coefficient (Wildman–Crippen LogP) is 1.52. The van der Waals surface area contributed by atoms with Crippen molar-refractivity contribution in [3.63, 3.8) is 0 Å². The first kappa shape index (κ1) is 15.7. The van der Waals surface area contributed by atoms with Gasteiger partial charge in [0.25, 0.3) is 0 Å². The first-order valence-corrected chi connectivity index (χ1v) is 7.05. The summed E-state index contributed by atoms with van der Waals surface area (Å²) in [5.41, 5.74) is 0.918. The molecule has 1 rings (SSSR count). The molecule has 0 radical (unpaired) electrons. The van der Waals surface area contributed by atoms with Crippen LogP contribution in [-0.4, -0.2) is 30.3 Å². The molecule has 0 atom stereocenters. The number of carbonyl (C=O) groups is 1. The molecule has 0 fully saturated rings. The van der Waals surface area contributed by atoms with Crippen LogP contribution >= 0.6 is 11.3 Å². The van der Waals surface area contributed by atoms with Gasteiger partial charge in [-0.2, -0.15) is 0 Å². The van der Waals surface area contributed by atoms with Crippen molar-refractivity contribution >= 4 is 17.2 Å². The van der Waals surface area contributed by atoms with E-state index in [2.05, 4.69) is 17.2 Å². The largest absolute Gasteiger partial charge is 0.395 e. The Morgan fingerprint density at radius 3 is 3.05 bits per heavy atom. The fourth-order valence-corrected chi connectivity index (χ4v) is 1.99. The fourth-order valence-electron chi connectivity index (χ4n) is 1.24. The molecule has 0 saturated carbocycles. The van der Waals surface area contributed by atoms with E-state index in [0.29, 0.717) is 13.0 Å². The van der Waals surface area contributed by atoms with Crippen molar-refractivity contribution in [2.24, 2.45) is 0 Å². The Morgan fingerprint density at radius 2 is 2.37 bits per heavy atom. The van der Waals surface area contributed by atoms with Gasteiger partial charge in [0.2, 0.25) is 5.91 Å². The molecule has 4 nitrogen and oxygen atoms in total. The average Bonchev–Trinajstić information content (AvgIpc) is 2.82. The van der Waals surface area contributed by atoms with Crippen LogP contribution in [0.15, 0.2) is 11.4 Å². The topological polar surface area (TPSA) is 58.6 Å². The van der Waals surface area contributed by atoms with E-state index in [-0.39, 0.29) is 25.2 Å². The first-order chi connectivity index (χ1) is 9.11. The lowest BCUT2D eigenvalue weighted by Gasteiger charge is -2.07. The minimum atomic E-state index is -0.116. The normalized spacial score (nSPS) is 10.1. The summed E-state index contributed by atoms with van der Waals surface area (Å²) in [7, 11) is 0. The third-order valence-electron chi connectivity index (χ3n) is 2.13. The number of aliphatic hydroxyl groups excluding tert-OH is 1. The minimum absolute atomic E-state index is 0.0564. The molecule has 0 aliphatic carbocycles. The van der Waals surface area contributed by atoms with E-state index in [9.17, 15) is 4.79 Å². The highest BCUT2D eigenvalue weighted by molar-refractivity contribution is 7.10. The Labute approximate surface area is 117 Å². The lowest BCUT2D eigenvalue weighted by atomic mass is 10.3. The Bertz CT molecular complexity index is 457. The zero-order chi connectivity index (χ0) is 14.1. The highest BCUT2D eigenvalue weighted by atomic mass is 32.1. The molecule has 1 aromatic heterocycles. The number of aliphatic hydroxyl groups is 1. The molecule has 1 aromatic rings. The van der Waals surface area contributed by atoms with Gasteiger partial charge in [-0.3, -0.25) is 4.79 Å². The lowest BCUT2D eigenvalue weighted by Crippen LogP contribution is -2.28. The average molecular weight is 281 g/mol. The number of amides is 1. The Kier molecular flexibility index (Phi) is 7.19. The summed E-state index contributed by atoms with van der Waals surface area (Å²) in [4.78, 5) is 12.5. The molecule has 0 bridgehead atoms. The SMILES string of the molecule is CC(C)OCC(=O)NCc1cc(C#CCCO)cs1. The van der Waals surface area contributed by atoms with Crippen LogP contribution in [0.3, 0.4) is 0 Å². The summed E-state index contributed by atoms with van der Waals surface area (Å²) in [5, 5.41) is 13.4. The molecule has 0 aromatic carbocycles. The van der Waals surface area contributed by atoms with Gasteiger partial charge in [0.15, 0.2) is 0 Å². The van der Waals surface area contributed by atoms with Crippen LogP contribution in [0.25, 0.3) is 0 Å². The van der Waals surface area contributed by atoms with Crippen LogP contribution in [-0.2, 0) is 16.1 Å². The van der Waals surface area contributed by atoms with Crippen molar-refractivity contribution in [2.45, 2.75) is 32.9 Å². The second-order valence-corrected chi connectivity index (χ2v) is 5.21. The molecule has 0 aliphatic heterocycles. The Morgan fingerprint density at radius 1 is 1.58 bits per heavy atom. The van der Waals surface area contributed by atoms with Gasteiger partial charge in [0, 0.05) is 22.2 Å². The van der Waals surface area contributed by atoms with Crippen LogP contribution < -0.4 is 5.32 Å². The van der Waals surface area contributed by atoms with Gasteiger partial charge in [-0.25, -0.2) is 0 Å². The summed E-state index contributed by atoms with van der Waals surface area (Å²) in [6.07, 6.45) is 0.537. The van der Waals surface area contributed by atoms with Gasteiger partial charge in [-0.05, 0) is 19.9 Å². The summed E-state index contributed by atoms with van der Waals surface area (Å²) >= 11 is 1.55. The molecule has 0 unspecified atom stereocenters. The number of carbonyl (C=O) groups excluding carboxylic acids is 1. The quantitative estimate of drug-likeness (QED) is 0.777. The second-order valence-electron chi connectivity index (χ2n) is 4.21. The van der Waals surface area contributed by atoms with E-state index >= 15 is 0 Å². The first-order valence-electron chi connectivity index (χ1n) is 6.17. The Hall–Kier alpha value is -1.35. The van der Waals surface area contributed by atoms with Crippen LogP contribution in [0.2, 0.25) is 0 Å². The van der Waals surface area contributed by atoms with E-state index in [1.807, 2.05) is 25.3 Å². The second kappa shape index (κ2) is 8.70. The van der Waals surface area contributed by atoms with E-state index in [1.165, 1.54) is 0 Å². The molecule has 0 aliphatic rings. The minimum Gasteiger partial charge on any atom is -0.395 e. The number of hydrogen-bond acceptors (Lipinski definition) is 4. The molecule has 0 saturated heterocycles. The van der Waals surface area contributed by atoms with Crippen molar-refractivity contribution in [3.8, 4) is 11.8 Å². The summed E-state index contributed by atoms with van der Waals surface area (Å²) in [6, 6.07) is 1.94. The molecule has 1 heterocycles. The molecule has 19 heavy (non-hydrogen) atoms. The molecule has 1 amide bonds. The number of rotatable bonds is 6. The highest BCUT2D eigenvalue weighted by Crippen LogP contribution is 2.13. The van der Waals surface area contributed by atoms with Crippen molar-refractivity contribution in [1.29, 1.82) is 0 Å². The van der Waals surface area contributed by atoms with Gasteiger partial charge in [0.1, 0.15) is 6.61 Å². The number of nitrogens with one attached hydrogen (secondary N) is 1. The van der Waals surface area contributed by atoms with Crippen LogP contribution in [0.5, 0.6) is 0 Å². The summed E-state index contributed by atoms with van der Waals surface area (Å²) < 4.78 is 5.21. The van der Waals surface area contributed by atoms with Gasteiger partial charge < -0.3 is 15.2 Å². The maximum absolute atomic E-state index is 11.5. The van der Waals surface area contributed by atoms with E-state index in [1.54, 1.807) is 11.3 Å². The number of hydrogen-bond donors (Lipinski definition) is 2. The molecular formula is C14H19NO3S. The van der Waals surface area contributed by atoms with E-state index in [0.717, 1.165) is 10.4 Å². The van der Waals surface area contributed by atoms with Crippen LogP contribution in [0, 0.1) is 11.8 Å². The summed E-state index contributed by atoms with van der Waals surface area (Å²) in [5.74, 6) is 5.70. The van der Waals surface area contributed by atoms with Gasteiger partial charge >= 0.3 is 0 Å².